The predicted molar refractivity (Wildman–Crippen MR) is 79.3 cm³/mol. The lowest BCUT2D eigenvalue weighted by Gasteiger charge is -2.29. The first-order valence-electron chi connectivity index (χ1n) is 7.17. The van der Waals surface area contributed by atoms with Crippen molar-refractivity contribution in [3.8, 4) is 6.07 Å². The topological polar surface area (TPSA) is 78.7 Å². The van der Waals surface area contributed by atoms with Gasteiger partial charge in [0.2, 0.25) is 5.91 Å². The van der Waals surface area contributed by atoms with E-state index in [0.29, 0.717) is 18.5 Å². The Kier molecular flexibility index (Phi) is 3.53. The van der Waals surface area contributed by atoms with E-state index in [0.717, 1.165) is 30.3 Å². The number of aromatic nitrogens is 2. The summed E-state index contributed by atoms with van der Waals surface area (Å²) in [6.45, 7) is 0. The van der Waals surface area contributed by atoms with Crippen LogP contribution in [-0.4, -0.2) is 15.9 Å². The highest BCUT2D eigenvalue weighted by Gasteiger charge is 2.39. The molecule has 1 aliphatic rings. The first-order valence-corrected chi connectivity index (χ1v) is 7.17. The highest BCUT2D eigenvalue weighted by molar-refractivity contribution is 5.98. The number of amides is 1. The Bertz CT molecular complexity index is 714. The zero-order chi connectivity index (χ0) is 14.7. The summed E-state index contributed by atoms with van der Waals surface area (Å²) in [7, 11) is 0. The molecule has 1 aliphatic carbocycles. The highest BCUT2D eigenvalue weighted by Crippen LogP contribution is 2.36. The van der Waals surface area contributed by atoms with Crippen LogP contribution in [0.15, 0.2) is 30.6 Å². The minimum atomic E-state index is -0.879. The van der Waals surface area contributed by atoms with Crippen LogP contribution < -0.4 is 5.32 Å². The lowest BCUT2D eigenvalue weighted by molar-refractivity contribution is -0.124. The fourth-order valence-corrected chi connectivity index (χ4v) is 2.84. The average Bonchev–Trinajstić information content (AvgIpc) is 2.55. The summed E-state index contributed by atoms with van der Waals surface area (Å²) in [5, 5.41) is 12.3. The monoisotopic (exact) mass is 280 g/mol. The molecule has 5 nitrogen and oxygen atoms in total. The van der Waals surface area contributed by atoms with Gasteiger partial charge in [0.1, 0.15) is 5.41 Å². The average molecular weight is 280 g/mol. The van der Waals surface area contributed by atoms with E-state index >= 15 is 0 Å². The molecule has 1 saturated carbocycles. The SMILES string of the molecule is N#CC1(C(=O)Nc2ccc3nccnc3c2)CCCCC1. The van der Waals surface area contributed by atoms with Crippen molar-refractivity contribution >= 4 is 22.6 Å². The summed E-state index contributed by atoms with van der Waals surface area (Å²) in [4.78, 5) is 20.9. The van der Waals surface area contributed by atoms with Gasteiger partial charge < -0.3 is 5.32 Å². The summed E-state index contributed by atoms with van der Waals surface area (Å²) >= 11 is 0. The standard InChI is InChI=1S/C16H16N4O/c17-11-16(6-2-1-3-7-16)15(21)20-12-4-5-13-14(10-12)19-9-8-18-13/h4-5,8-10H,1-3,6-7H2,(H,20,21). The Labute approximate surface area is 123 Å². The maximum absolute atomic E-state index is 12.5. The number of benzene rings is 1. The molecule has 106 valence electrons. The number of nitrogens with zero attached hydrogens (tertiary/aromatic N) is 3. The third-order valence-electron chi connectivity index (χ3n) is 4.08. The summed E-state index contributed by atoms with van der Waals surface area (Å²) in [6, 6.07) is 7.63. The maximum Gasteiger partial charge on any atom is 0.244 e. The Morgan fingerprint density at radius 3 is 2.57 bits per heavy atom. The van der Waals surface area contributed by atoms with E-state index in [1.165, 1.54) is 0 Å². The summed E-state index contributed by atoms with van der Waals surface area (Å²) < 4.78 is 0. The molecule has 0 saturated heterocycles. The number of rotatable bonds is 2. The van der Waals surface area contributed by atoms with Crippen molar-refractivity contribution in [2.75, 3.05) is 5.32 Å². The minimum absolute atomic E-state index is 0.201. The molecular formula is C16H16N4O. The first-order chi connectivity index (χ1) is 10.2. The van der Waals surface area contributed by atoms with Crippen molar-refractivity contribution < 1.29 is 4.79 Å². The maximum atomic E-state index is 12.5. The second kappa shape index (κ2) is 5.49. The van der Waals surface area contributed by atoms with Crippen molar-refractivity contribution in [2.24, 2.45) is 5.41 Å². The molecule has 1 heterocycles. The van der Waals surface area contributed by atoms with Crippen LogP contribution >= 0.6 is 0 Å². The van der Waals surface area contributed by atoms with Crippen LogP contribution in [0.5, 0.6) is 0 Å². The third kappa shape index (κ3) is 2.57. The zero-order valence-corrected chi connectivity index (χ0v) is 11.7. The van der Waals surface area contributed by atoms with Crippen molar-refractivity contribution in [3.05, 3.63) is 30.6 Å². The first kappa shape index (κ1) is 13.5. The molecule has 0 radical (unpaired) electrons. The summed E-state index contributed by atoms with van der Waals surface area (Å²) in [5.41, 5.74) is 1.29. The second-order valence-electron chi connectivity index (χ2n) is 5.47. The molecule has 3 rings (SSSR count). The molecule has 1 amide bonds. The Morgan fingerprint density at radius 1 is 1.14 bits per heavy atom. The lowest BCUT2D eigenvalue weighted by Crippen LogP contribution is -2.36. The molecule has 1 fully saturated rings. The fourth-order valence-electron chi connectivity index (χ4n) is 2.84. The van der Waals surface area contributed by atoms with Gasteiger partial charge in [0.05, 0.1) is 17.1 Å². The van der Waals surface area contributed by atoms with Gasteiger partial charge in [-0.05, 0) is 31.0 Å². The van der Waals surface area contributed by atoms with E-state index in [2.05, 4.69) is 21.4 Å². The third-order valence-corrected chi connectivity index (χ3v) is 4.08. The van der Waals surface area contributed by atoms with Crippen molar-refractivity contribution in [2.45, 2.75) is 32.1 Å². The van der Waals surface area contributed by atoms with E-state index in [9.17, 15) is 10.1 Å². The van der Waals surface area contributed by atoms with Gasteiger partial charge in [-0.15, -0.1) is 0 Å². The Hall–Kier alpha value is -2.48. The van der Waals surface area contributed by atoms with E-state index in [4.69, 9.17) is 0 Å². The zero-order valence-electron chi connectivity index (χ0n) is 11.7. The number of carbonyl (C=O) groups is 1. The highest BCUT2D eigenvalue weighted by atomic mass is 16.2. The predicted octanol–water partition coefficient (Wildman–Crippen LogP) is 3.04. The molecule has 1 aromatic heterocycles. The van der Waals surface area contributed by atoms with Gasteiger partial charge in [-0.3, -0.25) is 14.8 Å². The van der Waals surface area contributed by atoms with Crippen LogP contribution in [0.1, 0.15) is 32.1 Å². The molecule has 5 heteroatoms. The summed E-state index contributed by atoms with van der Waals surface area (Å²) in [6.07, 6.45) is 7.50. The number of carbonyl (C=O) groups excluding carboxylic acids is 1. The number of nitriles is 1. The molecule has 0 spiro atoms. The summed E-state index contributed by atoms with van der Waals surface area (Å²) in [5.74, 6) is -0.201. The molecule has 0 bridgehead atoms. The number of hydrogen-bond donors (Lipinski definition) is 1. The number of hydrogen-bond acceptors (Lipinski definition) is 4. The van der Waals surface area contributed by atoms with Crippen LogP contribution in [-0.2, 0) is 4.79 Å². The van der Waals surface area contributed by atoms with Gasteiger partial charge in [0.15, 0.2) is 0 Å². The van der Waals surface area contributed by atoms with Gasteiger partial charge in [-0.25, -0.2) is 0 Å². The van der Waals surface area contributed by atoms with Gasteiger partial charge in [0, 0.05) is 18.1 Å². The molecule has 1 N–H and O–H groups in total. The van der Waals surface area contributed by atoms with Crippen molar-refractivity contribution in [1.29, 1.82) is 5.26 Å². The van der Waals surface area contributed by atoms with Gasteiger partial charge in [0.25, 0.3) is 0 Å². The van der Waals surface area contributed by atoms with Gasteiger partial charge in [-0.2, -0.15) is 5.26 Å². The fraction of sp³-hybridized carbons (Fsp3) is 0.375. The van der Waals surface area contributed by atoms with Crippen LogP contribution in [0.2, 0.25) is 0 Å². The van der Waals surface area contributed by atoms with E-state index in [-0.39, 0.29) is 5.91 Å². The smallest absolute Gasteiger partial charge is 0.244 e. The lowest BCUT2D eigenvalue weighted by atomic mass is 9.74. The number of fused-ring (bicyclic) bond motifs is 1. The van der Waals surface area contributed by atoms with Crippen LogP contribution in [0, 0.1) is 16.7 Å². The minimum Gasteiger partial charge on any atom is -0.325 e. The second-order valence-corrected chi connectivity index (χ2v) is 5.47. The molecule has 0 unspecified atom stereocenters. The molecule has 0 aliphatic heterocycles. The quantitative estimate of drug-likeness (QED) is 0.917. The molecular weight excluding hydrogens is 264 g/mol. The molecule has 0 atom stereocenters. The van der Waals surface area contributed by atoms with E-state index in [1.807, 2.05) is 6.07 Å². The van der Waals surface area contributed by atoms with Crippen LogP contribution in [0.4, 0.5) is 5.69 Å². The van der Waals surface area contributed by atoms with Crippen LogP contribution in [0.3, 0.4) is 0 Å². The molecule has 1 aromatic carbocycles. The number of nitrogens with one attached hydrogen (secondary N) is 1. The van der Waals surface area contributed by atoms with Crippen molar-refractivity contribution in [1.82, 2.24) is 9.97 Å². The van der Waals surface area contributed by atoms with Gasteiger partial charge in [-0.1, -0.05) is 19.3 Å². The van der Waals surface area contributed by atoms with Crippen molar-refractivity contribution in [3.63, 3.8) is 0 Å². The Morgan fingerprint density at radius 2 is 1.86 bits per heavy atom. The molecule has 21 heavy (non-hydrogen) atoms. The largest absolute Gasteiger partial charge is 0.325 e. The number of anilines is 1. The molecule has 2 aromatic rings. The normalized spacial score (nSPS) is 17.1. The van der Waals surface area contributed by atoms with Gasteiger partial charge >= 0.3 is 0 Å². The van der Waals surface area contributed by atoms with E-state index in [1.54, 1.807) is 24.5 Å². The Balaban J connectivity index is 1.84. The van der Waals surface area contributed by atoms with Crippen LogP contribution in [0.25, 0.3) is 11.0 Å². The van der Waals surface area contributed by atoms with E-state index < -0.39 is 5.41 Å².